The number of allylic oxidation sites excluding steroid dienone is 4. The summed E-state index contributed by atoms with van der Waals surface area (Å²) in [7, 11) is 5.52. The second-order valence-electron chi connectivity index (χ2n) is 16.0. The zero-order valence-corrected chi connectivity index (χ0v) is 35.2. The minimum atomic E-state index is -0.875. The summed E-state index contributed by atoms with van der Waals surface area (Å²) < 4.78 is 17.2. The molecule has 0 aliphatic rings. The SMILES string of the molecule is CCCCCCC/C=C\C/C=C\CCCCCCCCCCCCCC(=O)OC(COCCC(C(=O)O)[N+](C)(C)C)COC(=O)CCCCCCCC. The van der Waals surface area contributed by atoms with Gasteiger partial charge < -0.3 is 23.8 Å². The molecule has 310 valence electrons. The molecule has 8 nitrogen and oxygen atoms in total. The van der Waals surface area contributed by atoms with Crippen molar-refractivity contribution >= 4 is 17.9 Å². The maximum Gasteiger partial charge on any atom is 0.362 e. The monoisotopic (exact) mass is 751 g/mol. The van der Waals surface area contributed by atoms with Gasteiger partial charge in [-0.25, -0.2) is 4.79 Å². The maximum atomic E-state index is 12.7. The summed E-state index contributed by atoms with van der Waals surface area (Å²) in [6, 6.07) is -0.610. The Balaban J connectivity index is 4.12. The van der Waals surface area contributed by atoms with E-state index >= 15 is 0 Å². The van der Waals surface area contributed by atoms with E-state index in [0.29, 0.717) is 19.3 Å². The topological polar surface area (TPSA) is 99.1 Å². The van der Waals surface area contributed by atoms with Crippen molar-refractivity contribution in [1.82, 2.24) is 0 Å². The second kappa shape index (κ2) is 36.8. The van der Waals surface area contributed by atoms with E-state index in [1.54, 1.807) is 0 Å². The van der Waals surface area contributed by atoms with Crippen LogP contribution in [0.4, 0.5) is 0 Å². The molecular formula is C45H84NO7+. The van der Waals surface area contributed by atoms with E-state index in [4.69, 9.17) is 14.2 Å². The van der Waals surface area contributed by atoms with Crippen molar-refractivity contribution in [1.29, 1.82) is 0 Å². The smallest absolute Gasteiger partial charge is 0.362 e. The van der Waals surface area contributed by atoms with Gasteiger partial charge in [0.05, 0.1) is 34.4 Å². The molecule has 0 aromatic rings. The molecule has 0 bridgehead atoms. The van der Waals surface area contributed by atoms with E-state index in [2.05, 4.69) is 38.2 Å². The minimum absolute atomic E-state index is 0.0492. The molecule has 0 aromatic carbocycles. The van der Waals surface area contributed by atoms with Crippen LogP contribution in [0.2, 0.25) is 0 Å². The lowest BCUT2D eigenvalue weighted by atomic mass is 10.0. The molecule has 53 heavy (non-hydrogen) atoms. The van der Waals surface area contributed by atoms with E-state index in [0.717, 1.165) is 44.9 Å². The Morgan fingerprint density at radius 3 is 1.45 bits per heavy atom. The number of carbonyl (C=O) groups excluding carboxylic acids is 2. The fourth-order valence-corrected chi connectivity index (χ4v) is 6.42. The predicted octanol–water partition coefficient (Wildman–Crippen LogP) is 11.7. The highest BCUT2D eigenvalue weighted by atomic mass is 16.6. The Labute approximate surface area is 326 Å². The summed E-state index contributed by atoms with van der Waals surface area (Å²) in [6.45, 7) is 4.67. The van der Waals surface area contributed by atoms with E-state index in [1.807, 2.05) is 21.1 Å². The maximum absolute atomic E-state index is 12.7. The number of carbonyl (C=O) groups is 3. The standard InChI is InChI=1S/C45H83NO7/c1-6-8-10-12-14-15-16-17-18-19-20-21-22-23-24-25-26-27-28-29-30-32-34-36-44(48)53-41(39-51-38-37-42(45(49)50)46(3,4)5)40-52-43(47)35-33-31-13-11-9-7-2/h16-17,19-20,41-42H,6-15,18,21-40H2,1-5H3/p+1/b17-16-,20-19-. The number of aliphatic carboxylic acids is 1. The number of hydrogen-bond acceptors (Lipinski definition) is 6. The molecule has 0 aromatic heterocycles. The van der Waals surface area contributed by atoms with Crippen LogP contribution in [0.5, 0.6) is 0 Å². The highest BCUT2D eigenvalue weighted by molar-refractivity contribution is 5.72. The molecule has 0 aliphatic heterocycles. The van der Waals surface area contributed by atoms with Crippen molar-refractivity contribution in [3.05, 3.63) is 24.3 Å². The summed E-state index contributed by atoms with van der Waals surface area (Å²) in [5.74, 6) is -1.47. The Morgan fingerprint density at radius 1 is 0.566 bits per heavy atom. The van der Waals surface area contributed by atoms with Gasteiger partial charge in [0.1, 0.15) is 6.61 Å². The van der Waals surface area contributed by atoms with Crippen molar-refractivity contribution in [2.45, 2.75) is 206 Å². The van der Waals surface area contributed by atoms with Gasteiger partial charge in [0, 0.05) is 19.3 Å². The van der Waals surface area contributed by atoms with Crippen LogP contribution >= 0.6 is 0 Å². The molecule has 2 unspecified atom stereocenters. The highest BCUT2D eigenvalue weighted by Gasteiger charge is 2.31. The Kier molecular flexibility index (Phi) is 35.2. The largest absolute Gasteiger partial charge is 0.477 e. The van der Waals surface area contributed by atoms with Crippen molar-refractivity contribution in [3.63, 3.8) is 0 Å². The lowest BCUT2D eigenvalue weighted by molar-refractivity contribution is -0.887. The number of hydrogen-bond donors (Lipinski definition) is 1. The fraction of sp³-hybridized carbons (Fsp3) is 0.844. The fourth-order valence-electron chi connectivity index (χ4n) is 6.42. The summed E-state index contributed by atoms with van der Waals surface area (Å²) in [5, 5.41) is 9.58. The number of unbranched alkanes of at least 4 members (excludes halogenated alkanes) is 21. The number of likely N-dealkylation sites (N-methyl/N-ethyl adjacent to an activating group) is 1. The third kappa shape index (κ3) is 35.3. The van der Waals surface area contributed by atoms with Crippen molar-refractivity contribution in [3.8, 4) is 0 Å². The summed E-state index contributed by atoms with van der Waals surface area (Å²) in [5.41, 5.74) is 0. The van der Waals surface area contributed by atoms with Crippen LogP contribution in [0.3, 0.4) is 0 Å². The molecule has 0 rings (SSSR count). The lowest BCUT2D eigenvalue weighted by Crippen LogP contribution is -2.50. The quantitative estimate of drug-likeness (QED) is 0.0289. The van der Waals surface area contributed by atoms with E-state index in [-0.39, 0.29) is 36.2 Å². The number of carboxylic acid groups (broad SMARTS) is 1. The van der Waals surface area contributed by atoms with Gasteiger partial charge in [-0.3, -0.25) is 9.59 Å². The third-order valence-corrected chi connectivity index (χ3v) is 9.85. The Hall–Kier alpha value is -2.19. The number of quaternary nitrogens is 1. The molecule has 1 N–H and O–H groups in total. The molecule has 0 saturated carbocycles. The number of rotatable bonds is 39. The van der Waals surface area contributed by atoms with Gasteiger partial charge in [0.15, 0.2) is 12.1 Å². The van der Waals surface area contributed by atoms with Crippen molar-refractivity contribution < 1.29 is 38.2 Å². The van der Waals surface area contributed by atoms with E-state index in [1.165, 1.54) is 116 Å². The van der Waals surface area contributed by atoms with Gasteiger partial charge >= 0.3 is 17.9 Å². The second-order valence-corrected chi connectivity index (χ2v) is 16.0. The molecule has 0 radical (unpaired) electrons. The Morgan fingerprint density at radius 2 is 1.00 bits per heavy atom. The van der Waals surface area contributed by atoms with Crippen LogP contribution in [0.1, 0.15) is 194 Å². The van der Waals surface area contributed by atoms with Crippen LogP contribution in [0.15, 0.2) is 24.3 Å². The van der Waals surface area contributed by atoms with Crippen LogP contribution < -0.4 is 0 Å². The number of carboxylic acids is 1. The first-order valence-corrected chi connectivity index (χ1v) is 21.9. The van der Waals surface area contributed by atoms with Gasteiger partial charge in [-0.2, -0.15) is 0 Å². The average Bonchev–Trinajstić information content (AvgIpc) is 3.11. The van der Waals surface area contributed by atoms with Crippen LogP contribution in [0.25, 0.3) is 0 Å². The highest BCUT2D eigenvalue weighted by Crippen LogP contribution is 2.15. The first kappa shape index (κ1) is 50.8. The zero-order valence-electron chi connectivity index (χ0n) is 35.2. The number of esters is 2. The van der Waals surface area contributed by atoms with E-state index in [9.17, 15) is 19.5 Å². The molecule has 0 amide bonds. The van der Waals surface area contributed by atoms with Gasteiger partial charge in [-0.05, 0) is 44.9 Å². The average molecular weight is 751 g/mol. The summed E-state index contributed by atoms with van der Waals surface area (Å²) in [6.07, 6.45) is 39.6. The van der Waals surface area contributed by atoms with Crippen molar-refractivity contribution in [2.75, 3.05) is 41.0 Å². The van der Waals surface area contributed by atoms with Crippen LogP contribution in [-0.2, 0) is 28.6 Å². The minimum Gasteiger partial charge on any atom is -0.477 e. The summed E-state index contributed by atoms with van der Waals surface area (Å²) >= 11 is 0. The van der Waals surface area contributed by atoms with Gasteiger partial charge in [0.2, 0.25) is 0 Å². The molecule has 0 heterocycles. The van der Waals surface area contributed by atoms with Crippen LogP contribution in [0, 0.1) is 0 Å². The van der Waals surface area contributed by atoms with Gasteiger partial charge in [-0.1, -0.05) is 154 Å². The molecule has 0 fully saturated rings. The molecule has 0 saturated heterocycles. The van der Waals surface area contributed by atoms with Crippen LogP contribution in [-0.4, -0.2) is 80.6 Å². The predicted molar refractivity (Wildman–Crippen MR) is 220 cm³/mol. The summed E-state index contributed by atoms with van der Waals surface area (Å²) in [4.78, 5) is 36.7. The first-order chi connectivity index (χ1) is 25.6. The number of nitrogens with zero attached hydrogens (tertiary/aromatic N) is 1. The third-order valence-electron chi connectivity index (χ3n) is 9.85. The molecule has 8 heteroatoms. The van der Waals surface area contributed by atoms with Gasteiger partial charge in [-0.15, -0.1) is 0 Å². The van der Waals surface area contributed by atoms with Crippen molar-refractivity contribution in [2.24, 2.45) is 0 Å². The zero-order chi connectivity index (χ0) is 39.3. The molecule has 0 aliphatic carbocycles. The first-order valence-electron chi connectivity index (χ1n) is 21.9. The lowest BCUT2D eigenvalue weighted by Gasteiger charge is -2.31. The normalized spacial score (nSPS) is 13.2. The molecular weight excluding hydrogens is 666 g/mol. The molecule has 2 atom stereocenters. The number of ether oxygens (including phenoxy) is 3. The van der Waals surface area contributed by atoms with Gasteiger partial charge in [0.25, 0.3) is 0 Å². The van der Waals surface area contributed by atoms with E-state index < -0.39 is 18.1 Å². The Bertz CT molecular complexity index is 926. The molecule has 0 spiro atoms.